The van der Waals surface area contributed by atoms with Crippen LogP contribution >= 0.6 is 39.1 Å². The highest BCUT2D eigenvalue weighted by Gasteiger charge is 2.10. The number of ether oxygens (including phenoxy) is 1. The zero-order valence-electron chi connectivity index (χ0n) is 9.09. The summed E-state index contributed by atoms with van der Waals surface area (Å²) in [6, 6.07) is 9.41. The molecule has 0 atom stereocenters. The van der Waals surface area contributed by atoms with Gasteiger partial charge in [-0.2, -0.15) is 0 Å². The summed E-state index contributed by atoms with van der Waals surface area (Å²) < 4.78 is 18.7. The molecule has 5 heteroatoms. The van der Waals surface area contributed by atoms with Gasteiger partial charge in [0, 0.05) is 10.9 Å². The molecule has 2 rings (SSSR count). The minimum Gasteiger partial charge on any atom is -0.455 e. The second-order valence-electron chi connectivity index (χ2n) is 3.54. The monoisotopic (exact) mass is 348 g/mol. The van der Waals surface area contributed by atoms with E-state index in [9.17, 15) is 4.39 Å². The van der Waals surface area contributed by atoms with Crippen molar-refractivity contribution in [1.29, 1.82) is 0 Å². The second-order valence-corrected chi connectivity index (χ2v) is 4.89. The van der Waals surface area contributed by atoms with E-state index >= 15 is 0 Å². The standard InChI is InChI=1S/C13H8BrCl2FO/c14-7-8-6-9(17)4-5-11(8)18-12-3-1-2-10(15)13(12)16/h1-6H,7H2. The molecule has 0 aliphatic rings. The number of hydrogen-bond donors (Lipinski definition) is 0. The van der Waals surface area contributed by atoms with E-state index in [1.54, 1.807) is 24.3 Å². The number of halogens is 4. The summed E-state index contributed by atoms with van der Waals surface area (Å²) in [6.07, 6.45) is 0. The first kappa shape index (κ1) is 13.7. The SMILES string of the molecule is Fc1ccc(Oc2cccc(Cl)c2Cl)c(CBr)c1. The molecule has 0 fully saturated rings. The average molecular weight is 350 g/mol. The molecule has 0 N–H and O–H groups in total. The van der Waals surface area contributed by atoms with Crippen molar-refractivity contribution >= 4 is 39.1 Å². The first-order valence-corrected chi connectivity index (χ1v) is 6.96. The third kappa shape index (κ3) is 2.97. The summed E-state index contributed by atoms with van der Waals surface area (Å²) in [5.74, 6) is 0.671. The van der Waals surface area contributed by atoms with Gasteiger partial charge in [0.05, 0.1) is 5.02 Å². The first-order valence-electron chi connectivity index (χ1n) is 5.08. The Morgan fingerprint density at radius 2 is 1.89 bits per heavy atom. The lowest BCUT2D eigenvalue weighted by Gasteiger charge is -2.11. The number of benzene rings is 2. The summed E-state index contributed by atoms with van der Waals surface area (Å²) in [5.41, 5.74) is 0.700. The van der Waals surface area contributed by atoms with Crippen LogP contribution in [0.25, 0.3) is 0 Å². The molecule has 0 saturated heterocycles. The van der Waals surface area contributed by atoms with E-state index in [1.807, 2.05) is 0 Å². The minimum absolute atomic E-state index is 0.311. The number of rotatable bonds is 3. The molecule has 0 heterocycles. The Kier molecular flexibility index (Phi) is 4.49. The van der Waals surface area contributed by atoms with Crippen molar-refractivity contribution in [2.45, 2.75) is 5.33 Å². The molecule has 0 aliphatic heterocycles. The van der Waals surface area contributed by atoms with Crippen LogP contribution in [0.5, 0.6) is 11.5 Å². The molecule has 94 valence electrons. The van der Waals surface area contributed by atoms with Crippen molar-refractivity contribution in [3.05, 3.63) is 57.8 Å². The highest BCUT2D eigenvalue weighted by atomic mass is 79.9. The van der Waals surface area contributed by atoms with E-state index in [0.29, 0.717) is 32.4 Å². The lowest BCUT2D eigenvalue weighted by Crippen LogP contribution is -1.91. The molecule has 0 saturated carbocycles. The number of hydrogen-bond acceptors (Lipinski definition) is 1. The van der Waals surface area contributed by atoms with Crippen molar-refractivity contribution in [3.8, 4) is 11.5 Å². The van der Waals surface area contributed by atoms with Gasteiger partial charge in [-0.3, -0.25) is 0 Å². The van der Waals surface area contributed by atoms with Crippen molar-refractivity contribution in [2.24, 2.45) is 0 Å². The van der Waals surface area contributed by atoms with Crippen molar-refractivity contribution in [2.75, 3.05) is 0 Å². The third-order valence-electron chi connectivity index (χ3n) is 2.30. The Hall–Kier alpha value is -0.770. The summed E-state index contributed by atoms with van der Waals surface area (Å²) in [5, 5.41) is 1.24. The third-order valence-corrected chi connectivity index (χ3v) is 3.71. The smallest absolute Gasteiger partial charge is 0.147 e. The Bertz CT molecular complexity index is 575. The van der Waals surface area contributed by atoms with Crippen LogP contribution in [0.1, 0.15) is 5.56 Å². The van der Waals surface area contributed by atoms with E-state index in [2.05, 4.69) is 15.9 Å². The minimum atomic E-state index is -0.311. The lowest BCUT2D eigenvalue weighted by atomic mass is 10.2. The van der Waals surface area contributed by atoms with Gasteiger partial charge in [-0.05, 0) is 30.3 Å². The summed E-state index contributed by atoms with van der Waals surface area (Å²) >= 11 is 15.2. The van der Waals surface area contributed by atoms with Crippen LogP contribution in [-0.4, -0.2) is 0 Å². The largest absolute Gasteiger partial charge is 0.455 e. The van der Waals surface area contributed by atoms with E-state index in [1.165, 1.54) is 12.1 Å². The molecule has 0 radical (unpaired) electrons. The molecular formula is C13H8BrCl2FO. The summed E-state index contributed by atoms with van der Waals surface area (Å²) in [7, 11) is 0. The molecule has 0 bridgehead atoms. The maximum atomic E-state index is 13.1. The number of alkyl halides is 1. The van der Waals surface area contributed by atoms with Crippen LogP contribution in [0.4, 0.5) is 4.39 Å². The van der Waals surface area contributed by atoms with Gasteiger partial charge in [-0.25, -0.2) is 4.39 Å². The fraction of sp³-hybridized carbons (Fsp3) is 0.0769. The Balaban J connectivity index is 2.37. The van der Waals surface area contributed by atoms with Gasteiger partial charge in [0.1, 0.15) is 22.3 Å². The molecule has 18 heavy (non-hydrogen) atoms. The molecule has 0 unspecified atom stereocenters. The van der Waals surface area contributed by atoms with Gasteiger partial charge in [-0.15, -0.1) is 0 Å². The predicted octanol–water partition coefficient (Wildman–Crippen LogP) is 5.82. The van der Waals surface area contributed by atoms with E-state index in [0.717, 1.165) is 0 Å². The maximum Gasteiger partial charge on any atom is 0.147 e. The Morgan fingerprint density at radius 3 is 2.61 bits per heavy atom. The molecule has 1 nitrogen and oxygen atoms in total. The topological polar surface area (TPSA) is 9.23 Å². The van der Waals surface area contributed by atoms with Gasteiger partial charge in [-0.1, -0.05) is 45.2 Å². The van der Waals surface area contributed by atoms with Crippen molar-refractivity contribution < 1.29 is 9.13 Å². The molecule has 0 spiro atoms. The highest BCUT2D eigenvalue weighted by Crippen LogP contribution is 2.36. The van der Waals surface area contributed by atoms with E-state index in [4.69, 9.17) is 27.9 Å². The lowest BCUT2D eigenvalue weighted by molar-refractivity contribution is 0.476. The van der Waals surface area contributed by atoms with Crippen LogP contribution in [0.2, 0.25) is 10.0 Å². The molecule has 2 aromatic carbocycles. The van der Waals surface area contributed by atoms with E-state index in [-0.39, 0.29) is 5.82 Å². The normalized spacial score (nSPS) is 10.4. The summed E-state index contributed by atoms with van der Waals surface area (Å²) in [4.78, 5) is 0. The van der Waals surface area contributed by atoms with Gasteiger partial charge >= 0.3 is 0 Å². The molecule has 2 aromatic rings. The zero-order chi connectivity index (χ0) is 13.1. The molecule has 0 aromatic heterocycles. The van der Waals surface area contributed by atoms with Crippen molar-refractivity contribution in [3.63, 3.8) is 0 Å². The molecule has 0 amide bonds. The Labute approximate surface area is 123 Å². The van der Waals surface area contributed by atoms with Crippen LogP contribution in [-0.2, 0) is 5.33 Å². The zero-order valence-corrected chi connectivity index (χ0v) is 12.2. The van der Waals surface area contributed by atoms with Crippen LogP contribution < -0.4 is 4.74 Å². The van der Waals surface area contributed by atoms with Gasteiger partial charge in [0.2, 0.25) is 0 Å². The van der Waals surface area contributed by atoms with Gasteiger partial charge < -0.3 is 4.74 Å². The van der Waals surface area contributed by atoms with E-state index < -0.39 is 0 Å². The Morgan fingerprint density at radius 1 is 1.11 bits per heavy atom. The van der Waals surface area contributed by atoms with Crippen LogP contribution in [0.15, 0.2) is 36.4 Å². The predicted molar refractivity (Wildman–Crippen MR) is 75.6 cm³/mol. The fourth-order valence-corrected chi connectivity index (χ4v) is 2.20. The molecular weight excluding hydrogens is 342 g/mol. The first-order chi connectivity index (χ1) is 8.61. The highest BCUT2D eigenvalue weighted by molar-refractivity contribution is 9.08. The van der Waals surface area contributed by atoms with Crippen LogP contribution in [0, 0.1) is 5.82 Å². The van der Waals surface area contributed by atoms with Gasteiger partial charge in [0.25, 0.3) is 0 Å². The second kappa shape index (κ2) is 5.91. The van der Waals surface area contributed by atoms with Crippen LogP contribution in [0.3, 0.4) is 0 Å². The van der Waals surface area contributed by atoms with Gasteiger partial charge in [0.15, 0.2) is 0 Å². The molecule has 0 aliphatic carbocycles. The fourth-order valence-electron chi connectivity index (χ4n) is 1.43. The van der Waals surface area contributed by atoms with Crippen molar-refractivity contribution in [1.82, 2.24) is 0 Å². The maximum absolute atomic E-state index is 13.1. The summed E-state index contributed by atoms with van der Waals surface area (Å²) in [6.45, 7) is 0. The quantitative estimate of drug-likeness (QED) is 0.634. The average Bonchev–Trinajstić information content (AvgIpc) is 2.37.